The first-order valence-electron chi connectivity index (χ1n) is 6.86. The molecule has 1 aliphatic heterocycles. The highest BCUT2D eigenvalue weighted by molar-refractivity contribution is 14.1. The summed E-state index contributed by atoms with van der Waals surface area (Å²) in [5, 5.41) is 3.62. The van der Waals surface area contributed by atoms with Crippen LogP contribution in [0.25, 0.3) is 0 Å². The van der Waals surface area contributed by atoms with Gasteiger partial charge in [-0.15, -0.1) is 0 Å². The Morgan fingerprint density at radius 3 is 2.56 bits per heavy atom. The third kappa shape index (κ3) is 4.21. The van der Waals surface area contributed by atoms with Crippen molar-refractivity contribution >= 4 is 22.6 Å². The molecule has 100 valence electrons. The smallest absolute Gasteiger partial charge is 0.0468 e. The molecule has 3 heteroatoms. The number of rotatable bonds is 5. The zero-order valence-electron chi connectivity index (χ0n) is 11.0. The van der Waals surface area contributed by atoms with E-state index in [1.165, 1.54) is 28.4 Å². The van der Waals surface area contributed by atoms with Gasteiger partial charge in [0.15, 0.2) is 0 Å². The molecule has 2 nitrogen and oxygen atoms in total. The lowest BCUT2D eigenvalue weighted by atomic mass is 9.89. The zero-order valence-corrected chi connectivity index (χ0v) is 13.2. The van der Waals surface area contributed by atoms with E-state index in [1.54, 1.807) is 0 Å². The fourth-order valence-corrected chi connectivity index (χ4v) is 2.95. The molecule has 1 unspecified atom stereocenters. The van der Waals surface area contributed by atoms with Gasteiger partial charge in [0.2, 0.25) is 0 Å². The molecule has 0 radical (unpaired) electrons. The lowest BCUT2D eigenvalue weighted by Crippen LogP contribution is -2.26. The Morgan fingerprint density at radius 1 is 1.28 bits per heavy atom. The van der Waals surface area contributed by atoms with Crippen LogP contribution in [0, 0.1) is 9.49 Å². The van der Waals surface area contributed by atoms with E-state index in [4.69, 9.17) is 4.74 Å². The molecule has 1 N–H and O–H groups in total. The molecule has 0 bridgehead atoms. The molecule has 0 aliphatic carbocycles. The van der Waals surface area contributed by atoms with Crippen LogP contribution >= 0.6 is 22.6 Å². The van der Waals surface area contributed by atoms with Gasteiger partial charge in [-0.05, 0) is 72.0 Å². The second-order valence-electron chi connectivity index (χ2n) is 4.95. The predicted octanol–water partition coefficient (Wildman–Crippen LogP) is 3.76. The van der Waals surface area contributed by atoms with Crippen molar-refractivity contribution in [2.24, 2.45) is 5.92 Å². The van der Waals surface area contributed by atoms with Gasteiger partial charge in [0.05, 0.1) is 0 Å². The fourth-order valence-electron chi connectivity index (χ4n) is 2.59. The highest BCUT2D eigenvalue weighted by Crippen LogP contribution is 2.27. The molecular weight excluding hydrogens is 337 g/mol. The number of hydrogen-bond donors (Lipinski definition) is 1. The van der Waals surface area contributed by atoms with Gasteiger partial charge in [-0.25, -0.2) is 0 Å². The van der Waals surface area contributed by atoms with Gasteiger partial charge >= 0.3 is 0 Å². The van der Waals surface area contributed by atoms with Gasteiger partial charge in [-0.3, -0.25) is 0 Å². The van der Waals surface area contributed by atoms with Crippen LogP contribution in [-0.2, 0) is 4.74 Å². The molecule has 1 fully saturated rings. The van der Waals surface area contributed by atoms with Crippen LogP contribution in [0.1, 0.15) is 37.8 Å². The van der Waals surface area contributed by atoms with Crippen molar-refractivity contribution in [3.8, 4) is 0 Å². The highest BCUT2D eigenvalue weighted by Gasteiger charge is 2.19. The number of halogens is 1. The van der Waals surface area contributed by atoms with Crippen molar-refractivity contribution < 1.29 is 4.74 Å². The van der Waals surface area contributed by atoms with Crippen LogP contribution in [0.4, 0.5) is 0 Å². The second kappa shape index (κ2) is 7.46. The molecule has 2 rings (SSSR count). The van der Waals surface area contributed by atoms with Crippen molar-refractivity contribution in [1.29, 1.82) is 0 Å². The van der Waals surface area contributed by atoms with Gasteiger partial charge < -0.3 is 10.1 Å². The van der Waals surface area contributed by atoms with Crippen LogP contribution in [0.5, 0.6) is 0 Å². The van der Waals surface area contributed by atoms with Gasteiger partial charge in [-0.2, -0.15) is 0 Å². The standard InChI is InChI=1S/C15H22INO/c1-2-17-15(11-12-7-9-18-10-8-12)13-3-5-14(16)6-4-13/h3-6,12,15,17H,2,7-11H2,1H3. The van der Waals surface area contributed by atoms with Crippen LogP contribution in [0.2, 0.25) is 0 Å². The summed E-state index contributed by atoms with van der Waals surface area (Å²) in [6.45, 7) is 5.09. The third-order valence-electron chi connectivity index (χ3n) is 3.63. The molecule has 1 aromatic rings. The summed E-state index contributed by atoms with van der Waals surface area (Å²) < 4.78 is 6.74. The Labute approximate surface area is 124 Å². The molecule has 0 aromatic heterocycles. The maximum absolute atomic E-state index is 5.44. The number of hydrogen-bond acceptors (Lipinski definition) is 2. The van der Waals surface area contributed by atoms with Crippen LogP contribution < -0.4 is 5.32 Å². The fraction of sp³-hybridized carbons (Fsp3) is 0.600. The SMILES string of the molecule is CCNC(CC1CCOCC1)c1ccc(I)cc1. The van der Waals surface area contributed by atoms with Gasteiger partial charge in [0, 0.05) is 22.8 Å². The largest absolute Gasteiger partial charge is 0.381 e. The van der Waals surface area contributed by atoms with Gasteiger partial charge in [0.25, 0.3) is 0 Å². The van der Waals surface area contributed by atoms with Crippen LogP contribution in [0.15, 0.2) is 24.3 Å². The summed E-state index contributed by atoms with van der Waals surface area (Å²) >= 11 is 2.36. The quantitative estimate of drug-likeness (QED) is 0.809. The molecule has 1 atom stereocenters. The van der Waals surface area contributed by atoms with Crippen molar-refractivity contribution in [3.05, 3.63) is 33.4 Å². The maximum Gasteiger partial charge on any atom is 0.0468 e. The van der Waals surface area contributed by atoms with Gasteiger partial charge in [0.1, 0.15) is 0 Å². The van der Waals surface area contributed by atoms with Crippen molar-refractivity contribution in [2.45, 2.75) is 32.2 Å². The van der Waals surface area contributed by atoms with E-state index in [0.717, 1.165) is 25.7 Å². The Bertz CT molecular complexity index is 346. The summed E-state index contributed by atoms with van der Waals surface area (Å²) in [6, 6.07) is 9.41. The molecule has 1 aromatic carbocycles. The first kappa shape index (κ1) is 14.3. The minimum absolute atomic E-state index is 0.495. The average Bonchev–Trinajstić information content (AvgIpc) is 2.40. The van der Waals surface area contributed by atoms with Crippen molar-refractivity contribution in [2.75, 3.05) is 19.8 Å². The maximum atomic E-state index is 5.44. The molecule has 1 saturated heterocycles. The van der Waals surface area contributed by atoms with E-state index in [-0.39, 0.29) is 0 Å². The van der Waals surface area contributed by atoms with Crippen molar-refractivity contribution in [3.63, 3.8) is 0 Å². The van der Waals surface area contributed by atoms with Gasteiger partial charge in [-0.1, -0.05) is 19.1 Å². The van der Waals surface area contributed by atoms with Crippen LogP contribution in [-0.4, -0.2) is 19.8 Å². The molecular formula is C15H22INO. The van der Waals surface area contributed by atoms with Crippen molar-refractivity contribution in [1.82, 2.24) is 5.32 Å². The number of nitrogens with one attached hydrogen (secondary N) is 1. The minimum atomic E-state index is 0.495. The summed E-state index contributed by atoms with van der Waals surface area (Å²) in [4.78, 5) is 0. The second-order valence-corrected chi connectivity index (χ2v) is 6.20. The van der Waals surface area contributed by atoms with E-state index in [9.17, 15) is 0 Å². The lowest BCUT2D eigenvalue weighted by Gasteiger charge is -2.27. The monoisotopic (exact) mass is 359 g/mol. The normalized spacial score (nSPS) is 18.8. The number of benzene rings is 1. The Balaban J connectivity index is 2.00. The minimum Gasteiger partial charge on any atom is -0.381 e. The molecule has 1 heterocycles. The van der Waals surface area contributed by atoms with Crippen LogP contribution in [0.3, 0.4) is 0 Å². The third-order valence-corrected chi connectivity index (χ3v) is 4.35. The first-order chi connectivity index (χ1) is 8.79. The topological polar surface area (TPSA) is 21.3 Å². The van der Waals surface area contributed by atoms with E-state index in [2.05, 4.69) is 59.1 Å². The summed E-state index contributed by atoms with van der Waals surface area (Å²) in [5.74, 6) is 0.807. The first-order valence-corrected chi connectivity index (χ1v) is 7.94. The molecule has 0 spiro atoms. The molecule has 1 aliphatic rings. The summed E-state index contributed by atoms with van der Waals surface area (Å²) in [6.07, 6.45) is 3.66. The Hall–Kier alpha value is -0.130. The predicted molar refractivity (Wildman–Crippen MR) is 83.7 cm³/mol. The number of ether oxygens (including phenoxy) is 1. The average molecular weight is 359 g/mol. The Morgan fingerprint density at radius 2 is 1.94 bits per heavy atom. The Kier molecular flexibility index (Phi) is 5.92. The lowest BCUT2D eigenvalue weighted by molar-refractivity contribution is 0.0606. The molecule has 0 amide bonds. The summed E-state index contributed by atoms with van der Waals surface area (Å²) in [7, 11) is 0. The molecule has 18 heavy (non-hydrogen) atoms. The zero-order chi connectivity index (χ0) is 12.8. The van der Waals surface area contributed by atoms with E-state index in [0.29, 0.717) is 6.04 Å². The highest BCUT2D eigenvalue weighted by atomic mass is 127. The van der Waals surface area contributed by atoms with E-state index in [1.807, 2.05) is 0 Å². The van der Waals surface area contributed by atoms with E-state index >= 15 is 0 Å². The molecule has 0 saturated carbocycles. The van der Waals surface area contributed by atoms with E-state index < -0.39 is 0 Å². The summed E-state index contributed by atoms with van der Waals surface area (Å²) in [5.41, 5.74) is 1.42.